The highest BCUT2D eigenvalue weighted by atomic mass is 19.1. The third-order valence-electron chi connectivity index (χ3n) is 4.33. The third kappa shape index (κ3) is 6.82. The van der Waals surface area contributed by atoms with Gasteiger partial charge in [-0.2, -0.15) is 5.26 Å². The molecule has 0 fully saturated rings. The highest BCUT2D eigenvalue weighted by molar-refractivity contribution is 6.01. The summed E-state index contributed by atoms with van der Waals surface area (Å²) in [6.07, 6.45) is 1.45. The number of nitrogens with one attached hydrogen (secondary N) is 2. The molecule has 6 nitrogen and oxygen atoms in total. The Morgan fingerprint density at radius 2 is 1.75 bits per heavy atom. The molecule has 2 amide bonds. The number of benzene rings is 3. The molecule has 0 atom stereocenters. The number of amides is 2. The van der Waals surface area contributed by atoms with Crippen LogP contribution >= 0.6 is 0 Å². The van der Waals surface area contributed by atoms with Crippen LogP contribution in [0.25, 0.3) is 6.08 Å². The molecule has 32 heavy (non-hydrogen) atoms. The van der Waals surface area contributed by atoms with E-state index in [-0.39, 0.29) is 12.2 Å². The fraction of sp³-hybridized carbons (Fsp3) is 0.0800. The van der Waals surface area contributed by atoms with Gasteiger partial charge < -0.3 is 15.4 Å². The van der Waals surface area contributed by atoms with Crippen molar-refractivity contribution in [2.45, 2.75) is 6.54 Å². The summed E-state index contributed by atoms with van der Waals surface area (Å²) in [5.41, 5.74) is 1.91. The van der Waals surface area contributed by atoms with E-state index in [0.717, 1.165) is 5.56 Å². The molecular weight excluding hydrogens is 409 g/mol. The maximum Gasteiger partial charge on any atom is 0.262 e. The summed E-state index contributed by atoms with van der Waals surface area (Å²) < 4.78 is 18.4. The standard InChI is InChI=1S/C25H20FN3O3/c26-21-9-11-22(12-10-21)29-24(30)17-32-23-8-4-7-19(14-23)13-20(15-27)25(31)28-16-18-5-2-1-3-6-18/h1-14H,16-17H2,(H,28,31)(H,29,30). The van der Waals surface area contributed by atoms with Crippen LogP contribution in [0.2, 0.25) is 0 Å². The normalized spacial score (nSPS) is 10.7. The SMILES string of the molecule is N#CC(=Cc1cccc(OCC(=O)Nc2ccc(F)cc2)c1)C(=O)NCc1ccccc1. The van der Waals surface area contributed by atoms with Gasteiger partial charge in [-0.15, -0.1) is 0 Å². The molecule has 0 radical (unpaired) electrons. The molecule has 3 rings (SSSR count). The molecule has 0 aromatic heterocycles. The van der Waals surface area contributed by atoms with Crippen LogP contribution in [0, 0.1) is 17.1 Å². The van der Waals surface area contributed by atoms with Crippen molar-refractivity contribution in [2.75, 3.05) is 11.9 Å². The van der Waals surface area contributed by atoms with Crippen LogP contribution in [0.15, 0.2) is 84.4 Å². The summed E-state index contributed by atoms with van der Waals surface area (Å²) >= 11 is 0. The molecule has 3 aromatic carbocycles. The summed E-state index contributed by atoms with van der Waals surface area (Å²) in [6.45, 7) is 0.0538. The molecule has 0 unspecified atom stereocenters. The number of nitrogens with zero attached hydrogens (tertiary/aromatic N) is 1. The minimum atomic E-state index is -0.485. The Morgan fingerprint density at radius 3 is 2.47 bits per heavy atom. The van der Waals surface area contributed by atoms with E-state index in [9.17, 15) is 19.2 Å². The van der Waals surface area contributed by atoms with E-state index < -0.39 is 17.6 Å². The molecule has 0 spiro atoms. The summed E-state index contributed by atoms with van der Waals surface area (Å²) in [4.78, 5) is 24.4. The zero-order valence-corrected chi connectivity index (χ0v) is 17.0. The molecule has 0 aliphatic carbocycles. The van der Waals surface area contributed by atoms with Gasteiger partial charge in [-0.1, -0.05) is 42.5 Å². The van der Waals surface area contributed by atoms with Gasteiger partial charge in [-0.3, -0.25) is 9.59 Å². The number of rotatable bonds is 8. The first-order valence-electron chi connectivity index (χ1n) is 9.76. The Labute approximate surface area is 185 Å². The van der Waals surface area contributed by atoms with Crippen LogP contribution in [-0.4, -0.2) is 18.4 Å². The van der Waals surface area contributed by atoms with Crippen LogP contribution in [-0.2, 0) is 16.1 Å². The molecule has 0 aliphatic rings. The first-order chi connectivity index (χ1) is 15.5. The van der Waals surface area contributed by atoms with Gasteiger partial charge in [0.15, 0.2) is 6.61 Å². The molecule has 7 heteroatoms. The quantitative estimate of drug-likeness (QED) is 0.417. The van der Waals surface area contributed by atoms with Crippen molar-refractivity contribution in [1.29, 1.82) is 5.26 Å². The first-order valence-corrected chi connectivity index (χ1v) is 9.76. The predicted molar refractivity (Wildman–Crippen MR) is 119 cm³/mol. The Balaban J connectivity index is 1.58. The highest BCUT2D eigenvalue weighted by Crippen LogP contribution is 2.16. The number of halogens is 1. The lowest BCUT2D eigenvalue weighted by Crippen LogP contribution is -2.23. The second kappa shape index (κ2) is 11.1. The smallest absolute Gasteiger partial charge is 0.262 e. The number of carbonyl (C=O) groups excluding carboxylic acids is 2. The number of anilines is 1. The van der Waals surface area contributed by atoms with E-state index in [1.807, 2.05) is 36.4 Å². The van der Waals surface area contributed by atoms with Crippen LogP contribution in [0.1, 0.15) is 11.1 Å². The van der Waals surface area contributed by atoms with Crippen LogP contribution in [0.5, 0.6) is 5.75 Å². The Morgan fingerprint density at radius 1 is 1.00 bits per heavy atom. The van der Waals surface area contributed by atoms with Gasteiger partial charge in [-0.05, 0) is 53.6 Å². The average molecular weight is 429 g/mol. The zero-order valence-electron chi connectivity index (χ0n) is 17.0. The molecule has 0 bridgehead atoms. The molecule has 160 valence electrons. The first kappa shape index (κ1) is 22.2. The van der Waals surface area contributed by atoms with E-state index in [2.05, 4.69) is 10.6 Å². The van der Waals surface area contributed by atoms with Crippen molar-refractivity contribution >= 4 is 23.6 Å². The van der Waals surface area contributed by atoms with E-state index >= 15 is 0 Å². The molecule has 0 saturated heterocycles. The predicted octanol–water partition coefficient (Wildman–Crippen LogP) is 4.07. The third-order valence-corrected chi connectivity index (χ3v) is 4.33. The molecule has 3 aromatic rings. The lowest BCUT2D eigenvalue weighted by Gasteiger charge is -2.08. The fourth-order valence-corrected chi connectivity index (χ4v) is 2.76. The van der Waals surface area contributed by atoms with Crippen molar-refractivity contribution in [1.82, 2.24) is 5.32 Å². The van der Waals surface area contributed by atoms with Crippen LogP contribution in [0.4, 0.5) is 10.1 Å². The van der Waals surface area contributed by atoms with Gasteiger partial charge in [-0.25, -0.2) is 4.39 Å². The van der Waals surface area contributed by atoms with Gasteiger partial charge >= 0.3 is 0 Å². The zero-order chi connectivity index (χ0) is 22.8. The lowest BCUT2D eigenvalue weighted by molar-refractivity contribution is -0.118. The van der Waals surface area contributed by atoms with Crippen LogP contribution in [0.3, 0.4) is 0 Å². The van der Waals surface area contributed by atoms with Crippen molar-refractivity contribution in [3.8, 4) is 11.8 Å². The van der Waals surface area contributed by atoms with E-state index in [1.165, 1.54) is 30.3 Å². The van der Waals surface area contributed by atoms with E-state index in [0.29, 0.717) is 23.5 Å². The number of hydrogen-bond acceptors (Lipinski definition) is 4. The van der Waals surface area contributed by atoms with Crippen molar-refractivity contribution in [2.24, 2.45) is 0 Å². The molecule has 0 aliphatic heterocycles. The van der Waals surface area contributed by atoms with E-state index in [1.54, 1.807) is 24.3 Å². The molecule has 0 saturated carbocycles. The summed E-state index contributed by atoms with van der Waals surface area (Å²) in [5, 5.41) is 14.7. The van der Waals surface area contributed by atoms with Crippen molar-refractivity contribution < 1.29 is 18.7 Å². The average Bonchev–Trinajstić information content (AvgIpc) is 2.82. The number of nitriles is 1. The Kier molecular flexibility index (Phi) is 7.71. The van der Waals surface area contributed by atoms with Crippen molar-refractivity contribution in [3.05, 3.63) is 101 Å². The fourth-order valence-electron chi connectivity index (χ4n) is 2.76. The minimum Gasteiger partial charge on any atom is -0.484 e. The molecule has 2 N–H and O–H groups in total. The Bertz CT molecular complexity index is 1150. The van der Waals surface area contributed by atoms with Crippen molar-refractivity contribution in [3.63, 3.8) is 0 Å². The summed E-state index contributed by atoms with van der Waals surface area (Å²) in [6, 6.07) is 23.4. The number of hydrogen-bond donors (Lipinski definition) is 2. The second-order valence-electron chi connectivity index (χ2n) is 6.75. The number of ether oxygens (including phenoxy) is 1. The van der Waals surface area contributed by atoms with E-state index in [4.69, 9.17) is 4.74 Å². The van der Waals surface area contributed by atoms with Gasteiger partial charge in [0.1, 0.15) is 23.2 Å². The maximum atomic E-state index is 12.9. The summed E-state index contributed by atoms with van der Waals surface area (Å²) in [7, 11) is 0. The summed E-state index contributed by atoms with van der Waals surface area (Å²) in [5.74, 6) is -0.887. The lowest BCUT2D eigenvalue weighted by atomic mass is 10.1. The van der Waals surface area contributed by atoms with Gasteiger partial charge in [0.05, 0.1) is 0 Å². The Hall–Kier alpha value is -4.44. The largest absolute Gasteiger partial charge is 0.484 e. The molecule has 0 heterocycles. The topological polar surface area (TPSA) is 91.2 Å². The van der Waals surface area contributed by atoms with Gasteiger partial charge in [0, 0.05) is 12.2 Å². The monoisotopic (exact) mass is 429 g/mol. The number of carbonyl (C=O) groups is 2. The maximum absolute atomic E-state index is 12.9. The van der Waals surface area contributed by atoms with Crippen LogP contribution < -0.4 is 15.4 Å². The van der Waals surface area contributed by atoms with Gasteiger partial charge in [0.25, 0.3) is 11.8 Å². The highest BCUT2D eigenvalue weighted by Gasteiger charge is 2.09. The van der Waals surface area contributed by atoms with Gasteiger partial charge in [0.2, 0.25) is 0 Å². The molecular formula is C25H20FN3O3. The minimum absolute atomic E-state index is 0.0490. The second-order valence-corrected chi connectivity index (χ2v) is 6.75.